The maximum atomic E-state index is 9.72. The number of rotatable bonds is 0. The van der Waals surface area contributed by atoms with Crippen molar-refractivity contribution in [3.63, 3.8) is 0 Å². The topological polar surface area (TPSA) is 29.5 Å². The third kappa shape index (κ3) is 1.39. The fourth-order valence-electron chi connectivity index (χ4n) is 2.90. The number of benzene rings is 1. The molecular formula is C13H16O2. The normalized spacial score (nSPS) is 22.4. The number of para-hydroxylation sites is 1. The standard InChI is InChI=1S/C13H16O2/c14-11-6-4-5-10-9-13(15-12(10)11)7-2-1-3-8-13/h4-6,14H,1-3,7-9H2. The summed E-state index contributed by atoms with van der Waals surface area (Å²) in [5, 5.41) is 9.72. The lowest BCUT2D eigenvalue weighted by Crippen LogP contribution is -2.36. The minimum Gasteiger partial charge on any atom is -0.504 e. The van der Waals surface area contributed by atoms with Crippen molar-refractivity contribution in [3.05, 3.63) is 23.8 Å². The number of phenolic OH excluding ortho intramolecular Hbond substituents is 1. The van der Waals surface area contributed by atoms with Crippen LogP contribution in [0.1, 0.15) is 37.7 Å². The van der Waals surface area contributed by atoms with Crippen molar-refractivity contribution in [1.29, 1.82) is 0 Å². The molecule has 0 unspecified atom stereocenters. The first-order valence-electron chi connectivity index (χ1n) is 5.79. The molecule has 80 valence electrons. The Labute approximate surface area is 89.9 Å². The minimum atomic E-state index is 0.0133. The van der Waals surface area contributed by atoms with Gasteiger partial charge in [-0.05, 0) is 31.7 Å². The van der Waals surface area contributed by atoms with Gasteiger partial charge in [0.1, 0.15) is 5.60 Å². The van der Waals surface area contributed by atoms with Crippen molar-refractivity contribution in [1.82, 2.24) is 0 Å². The van der Waals surface area contributed by atoms with Gasteiger partial charge >= 0.3 is 0 Å². The highest BCUT2D eigenvalue weighted by molar-refractivity contribution is 5.49. The molecule has 1 heterocycles. The molecule has 1 saturated carbocycles. The van der Waals surface area contributed by atoms with E-state index in [-0.39, 0.29) is 5.60 Å². The molecule has 1 aliphatic carbocycles. The molecule has 0 aromatic heterocycles. The van der Waals surface area contributed by atoms with Gasteiger partial charge in [-0.1, -0.05) is 18.6 Å². The van der Waals surface area contributed by atoms with Gasteiger partial charge < -0.3 is 9.84 Å². The Morgan fingerprint density at radius 2 is 1.93 bits per heavy atom. The lowest BCUT2D eigenvalue weighted by atomic mass is 9.82. The number of aromatic hydroxyl groups is 1. The lowest BCUT2D eigenvalue weighted by molar-refractivity contribution is 0.0507. The summed E-state index contributed by atoms with van der Waals surface area (Å²) in [6.45, 7) is 0. The first-order chi connectivity index (χ1) is 7.29. The summed E-state index contributed by atoms with van der Waals surface area (Å²) in [5.74, 6) is 1.04. The van der Waals surface area contributed by atoms with Crippen molar-refractivity contribution in [2.75, 3.05) is 0 Å². The summed E-state index contributed by atoms with van der Waals surface area (Å²) in [7, 11) is 0. The summed E-state index contributed by atoms with van der Waals surface area (Å²) in [4.78, 5) is 0. The molecule has 2 heteroatoms. The predicted molar refractivity (Wildman–Crippen MR) is 58.3 cm³/mol. The van der Waals surface area contributed by atoms with Crippen LogP contribution in [0, 0.1) is 0 Å². The Morgan fingerprint density at radius 3 is 2.67 bits per heavy atom. The van der Waals surface area contributed by atoms with E-state index >= 15 is 0 Å². The van der Waals surface area contributed by atoms with Gasteiger partial charge in [-0.3, -0.25) is 0 Å². The van der Waals surface area contributed by atoms with Crippen LogP contribution in [0.25, 0.3) is 0 Å². The van der Waals surface area contributed by atoms with E-state index in [1.165, 1.54) is 24.8 Å². The molecule has 1 aliphatic heterocycles. The van der Waals surface area contributed by atoms with E-state index in [9.17, 15) is 5.11 Å². The van der Waals surface area contributed by atoms with E-state index < -0.39 is 0 Å². The molecule has 0 amide bonds. The van der Waals surface area contributed by atoms with Gasteiger partial charge in [0.05, 0.1) is 0 Å². The van der Waals surface area contributed by atoms with Gasteiger partial charge in [-0.2, -0.15) is 0 Å². The molecule has 2 nitrogen and oxygen atoms in total. The summed E-state index contributed by atoms with van der Waals surface area (Å²) >= 11 is 0. The zero-order chi connectivity index (χ0) is 10.3. The third-order valence-electron chi connectivity index (χ3n) is 3.67. The van der Waals surface area contributed by atoms with Crippen molar-refractivity contribution >= 4 is 0 Å². The van der Waals surface area contributed by atoms with E-state index in [0.29, 0.717) is 5.75 Å². The van der Waals surface area contributed by atoms with E-state index in [1.54, 1.807) is 6.07 Å². The number of fused-ring (bicyclic) bond motifs is 1. The Hall–Kier alpha value is -1.18. The maximum Gasteiger partial charge on any atom is 0.165 e. The Bertz CT molecular complexity index is 378. The summed E-state index contributed by atoms with van der Waals surface area (Å²) < 4.78 is 6.02. The van der Waals surface area contributed by atoms with E-state index in [4.69, 9.17) is 4.74 Å². The van der Waals surface area contributed by atoms with Gasteiger partial charge in [0.25, 0.3) is 0 Å². The lowest BCUT2D eigenvalue weighted by Gasteiger charge is -2.32. The fourth-order valence-corrected chi connectivity index (χ4v) is 2.90. The third-order valence-corrected chi connectivity index (χ3v) is 3.67. The molecule has 15 heavy (non-hydrogen) atoms. The van der Waals surface area contributed by atoms with Crippen LogP contribution in [0.5, 0.6) is 11.5 Å². The van der Waals surface area contributed by atoms with Crippen LogP contribution in [-0.4, -0.2) is 10.7 Å². The van der Waals surface area contributed by atoms with Crippen LogP contribution in [0.15, 0.2) is 18.2 Å². The Morgan fingerprint density at radius 1 is 1.13 bits per heavy atom. The minimum absolute atomic E-state index is 0.0133. The SMILES string of the molecule is Oc1cccc2c1OC1(CCCCC1)C2. The highest BCUT2D eigenvalue weighted by Crippen LogP contribution is 2.46. The summed E-state index contributed by atoms with van der Waals surface area (Å²) in [5.41, 5.74) is 1.19. The quantitative estimate of drug-likeness (QED) is 0.703. The number of phenols is 1. The molecule has 1 aromatic rings. The van der Waals surface area contributed by atoms with E-state index in [2.05, 4.69) is 6.07 Å². The van der Waals surface area contributed by atoms with Crippen LogP contribution in [0.2, 0.25) is 0 Å². The molecule has 0 atom stereocenters. The number of ether oxygens (including phenoxy) is 1. The molecule has 1 fully saturated rings. The van der Waals surface area contributed by atoms with Gasteiger partial charge in [-0.15, -0.1) is 0 Å². The van der Waals surface area contributed by atoms with E-state index in [1.807, 2.05) is 6.07 Å². The zero-order valence-corrected chi connectivity index (χ0v) is 8.83. The summed E-state index contributed by atoms with van der Waals surface area (Å²) in [6.07, 6.45) is 7.11. The molecule has 0 radical (unpaired) electrons. The van der Waals surface area contributed by atoms with Crippen molar-refractivity contribution < 1.29 is 9.84 Å². The molecule has 0 saturated heterocycles. The Kier molecular flexibility index (Phi) is 1.91. The van der Waals surface area contributed by atoms with Crippen LogP contribution in [0.3, 0.4) is 0 Å². The van der Waals surface area contributed by atoms with E-state index in [0.717, 1.165) is 25.0 Å². The first kappa shape index (κ1) is 9.08. The second kappa shape index (κ2) is 3.16. The maximum absolute atomic E-state index is 9.72. The van der Waals surface area contributed by atoms with Crippen molar-refractivity contribution in [2.24, 2.45) is 0 Å². The first-order valence-corrected chi connectivity index (χ1v) is 5.79. The molecular weight excluding hydrogens is 188 g/mol. The van der Waals surface area contributed by atoms with Crippen LogP contribution in [-0.2, 0) is 6.42 Å². The smallest absolute Gasteiger partial charge is 0.165 e. The van der Waals surface area contributed by atoms with Gasteiger partial charge in [0.15, 0.2) is 11.5 Å². The number of hydrogen-bond acceptors (Lipinski definition) is 2. The highest BCUT2D eigenvalue weighted by Gasteiger charge is 2.41. The van der Waals surface area contributed by atoms with Crippen LogP contribution < -0.4 is 4.74 Å². The molecule has 1 N–H and O–H groups in total. The average Bonchev–Trinajstić information content (AvgIpc) is 2.59. The zero-order valence-electron chi connectivity index (χ0n) is 8.83. The van der Waals surface area contributed by atoms with Crippen LogP contribution >= 0.6 is 0 Å². The highest BCUT2D eigenvalue weighted by atomic mass is 16.5. The monoisotopic (exact) mass is 204 g/mol. The molecule has 1 spiro atoms. The van der Waals surface area contributed by atoms with Gasteiger partial charge in [0.2, 0.25) is 0 Å². The fraction of sp³-hybridized carbons (Fsp3) is 0.538. The summed E-state index contributed by atoms with van der Waals surface area (Å²) in [6, 6.07) is 5.68. The second-order valence-electron chi connectivity index (χ2n) is 4.79. The molecule has 1 aromatic carbocycles. The number of hydrogen-bond donors (Lipinski definition) is 1. The van der Waals surface area contributed by atoms with Gasteiger partial charge in [0, 0.05) is 12.0 Å². The van der Waals surface area contributed by atoms with Crippen molar-refractivity contribution in [2.45, 2.75) is 44.1 Å². The second-order valence-corrected chi connectivity index (χ2v) is 4.79. The molecule has 2 aliphatic rings. The molecule has 0 bridgehead atoms. The van der Waals surface area contributed by atoms with Crippen molar-refractivity contribution in [3.8, 4) is 11.5 Å². The molecule has 3 rings (SSSR count). The van der Waals surface area contributed by atoms with Gasteiger partial charge in [-0.25, -0.2) is 0 Å². The average molecular weight is 204 g/mol. The van der Waals surface area contributed by atoms with Crippen LogP contribution in [0.4, 0.5) is 0 Å². The largest absolute Gasteiger partial charge is 0.504 e. The predicted octanol–water partition coefficient (Wildman–Crippen LogP) is 3.03. The Balaban J connectivity index is 1.94.